The number of imide groups is 1. The summed E-state index contributed by atoms with van der Waals surface area (Å²) in [6, 6.07) is 4.40. The van der Waals surface area contributed by atoms with Gasteiger partial charge < -0.3 is 4.42 Å². The van der Waals surface area contributed by atoms with Crippen molar-refractivity contribution in [3.63, 3.8) is 0 Å². The zero-order chi connectivity index (χ0) is 20.9. The molecule has 2 amide bonds. The predicted molar refractivity (Wildman–Crippen MR) is 97.6 cm³/mol. The van der Waals surface area contributed by atoms with Crippen LogP contribution in [0.3, 0.4) is 0 Å². The zero-order valence-electron chi connectivity index (χ0n) is 14.9. The van der Waals surface area contributed by atoms with Gasteiger partial charge in [-0.1, -0.05) is 12.7 Å². The standard InChI is InChI=1S/C20H12F3N3O3/c1-3-12-10(2)18(27)26(19(12)28)15-9-24-7-6-13(15)17-25-14-8-11(20(21,22)23)4-5-16(14)29-17/h3-9H,1H2,2H3. The normalized spacial score (nSPS) is 15.0. The molecule has 1 aromatic carbocycles. The van der Waals surface area contributed by atoms with Crippen LogP contribution in [0.15, 0.2) is 64.9 Å². The molecule has 0 bridgehead atoms. The fourth-order valence-electron chi connectivity index (χ4n) is 3.08. The number of hydrogen-bond acceptors (Lipinski definition) is 5. The molecule has 4 rings (SSSR count). The molecule has 9 heteroatoms. The molecule has 1 aliphatic rings. The highest BCUT2D eigenvalue weighted by atomic mass is 19.4. The summed E-state index contributed by atoms with van der Waals surface area (Å²) in [5.41, 5.74) is 0.0177. The number of amides is 2. The number of fused-ring (bicyclic) bond motifs is 1. The number of rotatable bonds is 3. The van der Waals surface area contributed by atoms with E-state index in [4.69, 9.17) is 4.42 Å². The van der Waals surface area contributed by atoms with Crippen molar-refractivity contribution in [1.82, 2.24) is 9.97 Å². The molecule has 0 saturated carbocycles. The van der Waals surface area contributed by atoms with Crippen molar-refractivity contribution in [2.24, 2.45) is 0 Å². The quantitative estimate of drug-likeness (QED) is 0.615. The minimum atomic E-state index is -4.52. The van der Waals surface area contributed by atoms with E-state index in [0.717, 1.165) is 17.0 Å². The second kappa shape index (κ2) is 6.40. The van der Waals surface area contributed by atoms with Crippen LogP contribution < -0.4 is 4.90 Å². The van der Waals surface area contributed by atoms with E-state index in [2.05, 4.69) is 16.5 Å². The first kappa shape index (κ1) is 18.6. The molecule has 3 heterocycles. The predicted octanol–water partition coefficient (Wildman–Crippen LogP) is 4.28. The van der Waals surface area contributed by atoms with Crippen molar-refractivity contribution < 1.29 is 27.2 Å². The van der Waals surface area contributed by atoms with Crippen molar-refractivity contribution >= 4 is 28.6 Å². The Bertz CT molecular complexity index is 1220. The van der Waals surface area contributed by atoms with Gasteiger partial charge in [0.2, 0.25) is 5.89 Å². The number of anilines is 1. The van der Waals surface area contributed by atoms with E-state index in [-0.39, 0.29) is 39.4 Å². The monoisotopic (exact) mass is 399 g/mol. The minimum Gasteiger partial charge on any atom is -0.436 e. The molecule has 6 nitrogen and oxygen atoms in total. The summed E-state index contributed by atoms with van der Waals surface area (Å²) in [6.07, 6.45) is -0.535. The summed E-state index contributed by atoms with van der Waals surface area (Å²) in [5, 5.41) is 0. The van der Waals surface area contributed by atoms with Crippen LogP contribution >= 0.6 is 0 Å². The maximum atomic E-state index is 12.9. The van der Waals surface area contributed by atoms with Gasteiger partial charge in [0.05, 0.1) is 23.0 Å². The highest BCUT2D eigenvalue weighted by molar-refractivity contribution is 6.34. The number of halogens is 3. The molecule has 0 spiro atoms. The third kappa shape index (κ3) is 2.91. The topological polar surface area (TPSA) is 76.3 Å². The maximum Gasteiger partial charge on any atom is 0.416 e. The van der Waals surface area contributed by atoms with Gasteiger partial charge in [-0.15, -0.1) is 0 Å². The van der Waals surface area contributed by atoms with Crippen molar-refractivity contribution in [3.05, 3.63) is 66.0 Å². The second-order valence-corrected chi connectivity index (χ2v) is 6.28. The zero-order valence-corrected chi connectivity index (χ0v) is 14.9. The van der Waals surface area contributed by atoms with E-state index in [0.29, 0.717) is 0 Å². The van der Waals surface area contributed by atoms with Gasteiger partial charge in [0.1, 0.15) is 5.52 Å². The van der Waals surface area contributed by atoms with E-state index in [1.807, 2.05) is 0 Å². The molecule has 29 heavy (non-hydrogen) atoms. The number of oxazole rings is 1. The van der Waals surface area contributed by atoms with E-state index in [9.17, 15) is 22.8 Å². The number of carbonyl (C=O) groups excluding carboxylic acids is 2. The summed E-state index contributed by atoms with van der Waals surface area (Å²) in [6.45, 7) is 5.05. The van der Waals surface area contributed by atoms with Crippen molar-refractivity contribution in [2.75, 3.05) is 4.90 Å². The number of pyridine rings is 1. The third-order valence-corrected chi connectivity index (χ3v) is 4.55. The number of alkyl halides is 3. The molecule has 0 fully saturated rings. The summed E-state index contributed by atoms with van der Waals surface area (Å²) in [7, 11) is 0. The molecule has 2 aromatic heterocycles. The van der Waals surface area contributed by atoms with Crippen LogP contribution in [0.1, 0.15) is 12.5 Å². The van der Waals surface area contributed by atoms with E-state index >= 15 is 0 Å². The van der Waals surface area contributed by atoms with E-state index < -0.39 is 23.6 Å². The second-order valence-electron chi connectivity index (χ2n) is 6.28. The minimum absolute atomic E-state index is 0.00208. The lowest BCUT2D eigenvalue weighted by atomic mass is 10.2. The van der Waals surface area contributed by atoms with Crippen LogP contribution in [-0.4, -0.2) is 21.8 Å². The molecule has 0 aliphatic carbocycles. The first-order valence-corrected chi connectivity index (χ1v) is 8.36. The number of nitrogens with zero attached hydrogens (tertiary/aromatic N) is 3. The van der Waals surface area contributed by atoms with Crippen LogP contribution in [0.2, 0.25) is 0 Å². The Morgan fingerprint density at radius 3 is 2.59 bits per heavy atom. The Labute approximate surface area is 162 Å². The summed E-state index contributed by atoms with van der Waals surface area (Å²) in [5.74, 6) is -1.16. The lowest BCUT2D eigenvalue weighted by Crippen LogP contribution is -2.32. The highest BCUT2D eigenvalue weighted by Crippen LogP contribution is 2.37. The van der Waals surface area contributed by atoms with Gasteiger partial charge in [-0.3, -0.25) is 14.6 Å². The Kier molecular flexibility index (Phi) is 4.11. The Hall–Kier alpha value is -3.75. The number of benzene rings is 1. The van der Waals surface area contributed by atoms with Gasteiger partial charge in [-0.05, 0) is 31.2 Å². The Morgan fingerprint density at radius 1 is 1.17 bits per heavy atom. The third-order valence-electron chi connectivity index (χ3n) is 4.55. The molecule has 0 atom stereocenters. The van der Waals surface area contributed by atoms with Gasteiger partial charge in [-0.25, -0.2) is 9.88 Å². The average molecular weight is 399 g/mol. The maximum absolute atomic E-state index is 12.9. The number of carbonyl (C=O) groups is 2. The largest absolute Gasteiger partial charge is 0.436 e. The van der Waals surface area contributed by atoms with Crippen molar-refractivity contribution in [1.29, 1.82) is 0 Å². The van der Waals surface area contributed by atoms with E-state index in [1.165, 1.54) is 37.5 Å². The highest BCUT2D eigenvalue weighted by Gasteiger charge is 2.37. The molecule has 0 N–H and O–H groups in total. The van der Waals surface area contributed by atoms with Crippen LogP contribution in [0.5, 0.6) is 0 Å². The first-order chi connectivity index (χ1) is 13.7. The molecule has 1 aliphatic heterocycles. The Balaban J connectivity index is 1.83. The van der Waals surface area contributed by atoms with Gasteiger partial charge in [-0.2, -0.15) is 13.2 Å². The molecule has 0 saturated heterocycles. The van der Waals surface area contributed by atoms with Crippen LogP contribution in [0.25, 0.3) is 22.6 Å². The van der Waals surface area contributed by atoms with Gasteiger partial charge in [0.15, 0.2) is 5.58 Å². The average Bonchev–Trinajstić information content (AvgIpc) is 3.19. The first-order valence-electron chi connectivity index (χ1n) is 8.36. The lowest BCUT2D eigenvalue weighted by molar-refractivity contribution is -0.137. The molecule has 0 unspecified atom stereocenters. The lowest BCUT2D eigenvalue weighted by Gasteiger charge is -2.16. The van der Waals surface area contributed by atoms with Crippen LogP contribution in [-0.2, 0) is 15.8 Å². The van der Waals surface area contributed by atoms with Gasteiger partial charge in [0, 0.05) is 17.3 Å². The summed E-state index contributed by atoms with van der Waals surface area (Å²) < 4.78 is 44.4. The SMILES string of the molecule is C=CC1=C(C)C(=O)N(c2cnccc2-c2nc3cc(C(F)(F)F)ccc3o2)C1=O. The smallest absolute Gasteiger partial charge is 0.416 e. The molecular weight excluding hydrogens is 387 g/mol. The van der Waals surface area contributed by atoms with Crippen LogP contribution in [0, 0.1) is 0 Å². The molecule has 3 aromatic rings. The fourth-order valence-corrected chi connectivity index (χ4v) is 3.08. The fraction of sp³-hybridized carbons (Fsp3) is 0.100. The van der Waals surface area contributed by atoms with Crippen molar-refractivity contribution in [3.8, 4) is 11.5 Å². The summed E-state index contributed by atoms with van der Waals surface area (Å²) >= 11 is 0. The summed E-state index contributed by atoms with van der Waals surface area (Å²) in [4.78, 5) is 34.2. The number of hydrogen-bond donors (Lipinski definition) is 0. The molecular formula is C20H12F3N3O3. The van der Waals surface area contributed by atoms with Crippen LogP contribution in [0.4, 0.5) is 18.9 Å². The van der Waals surface area contributed by atoms with Crippen molar-refractivity contribution in [2.45, 2.75) is 13.1 Å². The Morgan fingerprint density at radius 2 is 1.93 bits per heavy atom. The van der Waals surface area contributed by atoms with Gasteiger partial charge >= 0.3 is 6.18 Å². The molecule has 0 radical (unpaired) electrons. The van der Waals surface area contributed by atoms with Gasteiger partial charge in [0.25, 0.3) is 11.8 Å². The number of aromatic nitrogens is 2. The van der Waals surface area contributed by atoms with E-state index in [1.54, 1.807) is 0 Å². The molecule has 146 valence electrons.